The number of aromatic hydroxyl groups is 1. The predicted octanol–water partition coefficient (Wildman–Crippen LogP) is 5.19. The molecule has 8 heteroatoms. The Morgan fingerprint density at radius 1 is 1.13 bits per heavy atom. The van der Waals surface area contributed by atoms with Crippen LogP contribution in [-0.4, -0.2) is 22.4 Å². The van der Waals surface area contributed by atoms with Crippen molar-refractivity contribution in [2.24, 2.45) is 0 Å². The molecule has 0 radical (unpaired) electrons. The Labute approximate surface area is 153 Å². The van der Waals surface area contributed by atoms with Gasteiger partial charge in [-0.2, -0.15) is 0 Å². The fourth-order valence-corrected chi connectivity index (χ4v) is 3.75. The van der Waals surface area contributed by atoms with Crippen molar-refractivity contribution in [2.45, 2.75) is 0 Å². The van der Waals surface area contributed by atoms with Gasteiger partial charge in [0.15, 0.2) is 16.5 Å². The van der Waals surface area contributed by atoms with Crippen molar-refractivity contribution in [2.75, 3.05) is 12.4 Å². The minimum Gasteiger partial charge on any atom is -0.503 e. The van der Waals surface area contributed by atoms with Crippen LogP contribution in [0, 0.1) is 0 Å². The molecule has 0 bridgehead atoms. The first-order valence-electron chi connectivity index (χ1n) is 6.51. The third-order valence-electron chi connectivity index (χ3n) is 3.05. The number of hydrogen-bond acceptors (Lipinski definition) is 6. The van der Waals surface area contributed by atoms with Crippen molar-refractivity contribution in [1.29, 1.82) is 0 Å². The number of benzene rings is 2. The monoisotopic (exact) mass is 455 g/mol. The molecular formula is C15H11Br2N3O2S. The zero-order chi connectivity index (χ0) is 16.4. The van der Waals surface area contributed by atoms with Gasteiger partial charge in [-0.1, -0.05) is 29.5 Å². The van der Waals surface area contributed by atoms with E-state index >= 15 is 0 Å². The summed E-state index contributed by atoms with van der Waals surface area (Å²) in [6.07, 6.45) is 0. The van der Waals surface area contributed by atoms with Crippen LogP contribution in [0.4, 0.5) is 10.8 Å². The molecule has 0 fully saturated rings. The number of phenolic OH excluding ortho intramolecular Hbond substituents is 1. The van der Waals surface area contributed by atoms with Gasteiger partial charge in [0.1, 0.15) is 0 Å². The molecule has 0 atom stereocenters. The highest BCUT2D eigenvalue weighted by Crippen LogP contribution is 2.46. The van der Waals surface area contributed by atoms with Crippen LogP contribution < -0.4 is 10.1 Å². The largest absolute Gasteiger partial charge is 0.503 e. The Bertz CT molecular complexity index is 840. The van der Waals surface area contributed by atoms with Gasteiger partial charge in [-0.3, -0.25) is 0 Å². The summed E-state index contributed by atoms with van der Waals surface area (Å²) in [5, 5.41) is 23.0. The minimum atomic E-state index is 0.0373. The molecule has 0 unspecified atom stereocenters. The summed E-state index contributed by atoms with van der Waals surface area (Å²) in [5.74, 6) is 0.401. The van der Waals surface area contributed by atoms with E-state index in [0.29, 0.717) is 24.8 Å². The van der Waals surface area contributed by atoms with Gasteiger partial charge in [-0.25, -0.2) is 0 Å². The second-order valence-electron chi connectivity index (χ2n) is 4.51. The summed E-state index contributed by atoms with van der Waals surface area (Å²) in [7, 11) is 1.50. The van der Waals surface area contributed by atoms with Gasteiger partial charge in [0, 0.05) is 15.7 Å². The number of halogens is 2. The molecule has 118 valence electrons. The van der Waals surface area contributed by atoms with Crippen LogP contribution in [0.1, 0.15) is 0 Å². The molecule has 0 spiro atoms. The standard InChI is InChI=1S/C15H11Br2N3O2S/c1-22-10-7-9(11(16)12(17)13(10)21)14-19-20-15(23-14)18-8-5-3-2-4-6-8/h2-7,21H,1H3,(H,18,20). The molecule has 1 aromatic heterocycles. The highest BCUT2D eigenvalue weighted by atomic mass is 79.9. The second kappa shape index (κ2) is 6.86. The number of ether oxygens (including phenoxy) is 1. The Kier molecular flexibility index (Phi) is 4.84. The average molecular weight is 457 g/mol. The maximum atomic E-state index is 10.0. The lowest BCUT2D eigenvalue weighted by Crippen LogP contribution is -1.89. The van der Waals surface area contributed by atoms with Gasteiger partial charge in [0.05, 0.1) is 11.6 Å². The second-order valence-corrected chi connectivity index (χ2v) is 7.07. The molecule has 5 nitrogen and oxygen atoms in total. The summed E-state index contributed by atoms with van der Waals surface area (Å²) < 4.78 is 6.39. The number of rotatable bonds is 4. The maximum absolute atomic E-state index is 10.0. The molecular weight excluding hydrogens is 446 g/mol. The molecule has 1 heterocycles. The van der Waals surface area contributed by atoms with Gasteiger partial charge in [0.25, 0.3) is 0 Å². The summed E-state index contributed by atoms with van der Waals surface area (Å²) in [5.41, 5.74) is 1.73. The van der Waals surface area contributed by atoms with E-state index in [2.05, 4.69) is 47.4 Å². The van der Waals surface area contributed by atoms with Gasteiger partial charge in [0.2, 0.25) is 5.13 Å². The molecule has 0 saturated carbocycles. The topological polar surface area (TPSA) is 67.3 Å². The van der Waals surface area contributed by atoms with Crippen LogP contribution in [0.15, 0.2) is 45.3 Å². The van der Waals surface area contributed by atoms with E-state index in [4.69, 9.17) is 4.74 Å². The van der Waals surface area contributed by atoms with E-state index in [1.54, 1.807) is 6.07 Å². The third kappa shape index (κ3) is 3.34. The van der Waals surface area contributed by atoms with Gasteiger partial charge < -0.3 is 15.2 Å². The molecule has 0 aliphatic rings. The van der Waals surface area contributed by atoms with E-state index in [1.165, 1.54) is 18.4 Å². The SMILES string of the molecule is COc1cc(-c2nnc(Nc3ccccc3)s2)c(Br)c(Br)c1O. The lowest BCUT2D eigenvalue weighted by Gasteiger charge is -2.10. The molecule has 2 N–H and O–H groups in total. The van der Waals surface area contributed by atoms with Crippen molar-refractivity contribution < 1.29 is 9.84 Å². The lowest BCUT2D eigenvalue weighted by molar-refractivity contribution is 0.372. The molecule has 3 aromatic rings. The Balaban J connectivity index is 1.96. The normalized spacial score (nSPS) is 10.6. The van der Waals surface area contributed by atoms with Crippen LogP contribution >= 0.6 is 43.2 Å². The van der Waals surface area contributed by atoms with Gasteiger partial charge in [-0.05, 0) is 50.1 Å². The Morgan fingerprint density at radius 2 is 1.87 bits per heavy atom. The molecule has 23 heavy (non-hydrogen) atoms. The molecule has 0 aliphatic carbocycles. The number of para-hydroxylation sites is 1. The first kappa shape index (κ1) is 16.2. The van der Waals surface area contributed by atoms with E-state index in [0.717, 1.165) is 11.3 Å². The molecule has 0 saturated heterocycles. The summed E-state index contributed by atoms with van der Waals surface area (Å²) in [4.78, 5) is 0. The number of nitrogens with one attached hydrogen (secondary N) is 1. The first-order chi connectivity index (χ1) is 11.1. The van der Waals surface area contributed by atoms with E-state index in [1.807, 2.05) is 30.3 Å². The van der Waals surface area contributed by atoms with E-state index < -0.39 is 0 Å². The van der Waals surface area contributed by atoms with Gasteiger partial charge in [-0.15, -0.1) is 10.2 Å². The molecule has 0 amide bonds. The number of methoxy groups -OCH3 is 1. The van der Waals surface area contributed by atoms with Crippen molar-refractivity contribution in [1.82, 2.24) is 10.2 Å². The van der Waals surface area contributed by atoms with Gasteiger partial charge >= 0.3 is 0 Å². The zero-order valence-corrected chi connectivity index (χ0v) is 15.9. The lowest BCUT2D eigenvalue weighted by atomic mass is 10.2. The Hall–Kier alpha value is -1.64. The van der Waals surface area contributed by atoms with Crippen molar-refractivity contribution in [3.05, 3.63) is 45.3 Å². The number of phenols is 1. The van der Waals surface area contributed by atoms with Crippen LogP contribution in [0.25, 0.3) is 10.6 Å². The van der Waals surface area contributed by atoms with Crippen LogP contribution in [0.5, 0.6) is 11.5 Å². The molecule has 3 rings (SSSR count). The predicted molar refractivity (Wildman–Crippen MR) is 98.7 cm³/mol. The zero-order valence-electron chi connectivity index (χ0n) is 11.9. The number of anilines is 2. The summed E-state index contributed by atoms with van der Waals surface area (Å²) >= 11 is 8.21. The van der Waals surface area contributed by atoms with Crippen molar-refractivity contribution >= 4 is 54.0 Å². The smallest absolute Gasteiger partial charge is 0.210 e. The minimum absolute atomic E-state index is 0.0373. The number of hydrogen-bond donors (Lipinski definition) is 2. The fourth-order valence-electron chi connectivity index (χ4n) is 1.93. The van der Waals surface area contributed by atoms with Crippen LogP contribution in [-0.2, 0) is 0 Å². The molecule has 2 aromatic carbocycles. The molecule has 0 aliphatic heterocycles. The third-order valence-corrected chi connectivity index (χ3v) is 6.05. The maximum Gasteiger partial charge on any atom is 0.210 e. The number of nitrogens with zero attached hydrogens (tertiary/aromatic N) is 2. The van der Waals surface area contributed by atoms with Crippen LogP contribution in [0.3, 0.4) is 0 Å². The van der Waals surface area contributed by atoms with Crippen LogP contribution in [0.2, 0.25) is 0 Å². The first-order valence-corrected chi connectivity index (χ1v) is 8.91. The van der Waals surface area contributed by atoms with Crippen molar-refractivity contribution in [3.63, 3.8) is 0 Å². The summed E-state index contributed by atoms with van der Waals surface area (Å²) in [6.45, 7) is 0. The van der Waals surface area contributed by atoms with E-state index in [-0.39, 0.29) is 5.75 Å². The van der Waals surface area contributed by atoms with E-state index in [9.17, 15) is 5.11 Å². The highest BCUT2D eigenvalue weighted by Gasteiger charge is 2.18. The summed E-state index contributed by atoms with van der Waals surface area (Å²) in [6, 6.07) is 11.5. The number of aromatic nitrogens is 2. The highest BCUT2D eigenvalue weighted by molar-refractivity contribution is 9.13. The quantitative estimate of drug-likeness (QED) is 0.565. The average Bonchev–Trinajstić information content (AvgIpc) is 3.02. The van der Waals surface area contributed by atoms with Crippen molar-refractivity contribution in [3.8, 4) is 22.1 Å². The Morgan fingerprint density at radius 3 is 2.57 bits per heavy atom. The fraction of sp³-hybridized carbons (Fsp3) is 0.0667.